The van der Waals surface area contributed by atoms with Gasteiger partial charge < -0.3 is 0 Å². The third-order valence-corrected chi connectivity index (χ3v) is 19.5. The van der Waals surface area contributed by atoms with E-state index in [4.69, 9.17) is 3.07 Å². The van der Waals surface area contributed by atoms with Crippen LogP contribution >= 0.6 is 0 Å². The fourth-order valence-corrected chi connectivity index (χ4v) is 17.6. The second-order valence-electron chi connectivity index (χ2n) is 12.3. The van der Waals surface area contributed by atoms with Gasteiger partial charge in [-0.2, -0.15) is 0 Å². The Bertz CT molecular complexity index is 811. The number of hydrogen-bond acceptors (Lipinski definition) is 4. The van der Waals surface area contributed by atoms with E-state index in [1.807, 2.05) is 13.0 Å². The molecule has 1 aromatic rings. The van der Waals surface area contributed by atoms with Crippen molar-refractivity contribution in [2.24, 2.45) is 4.99 Å². The summed E-state index contributed by atoms with van der Waals surface area (Å²) in [5.74, 6) is 0.0695. The van der Waals surface area contributed by atoms with E-state index >= 15 is 0 Å². The van der Waals surface area contributed by atoms with Crippen molar-refractivity contribution in [1.29, 1.82) is 0 Å². The van der Waals surface area contributed by atoms with Crippen LogP contribution in [-0.2, 0) is 18.7 Å². The molecule has 0 saturated carbocycles. The van der Waals surface area contributed by atoms with Gasteiger partial charge in [-0.25, -0.2) is 0 Å². The standard InChI is InChI=1S/C18H27NO3.3C4H9.Sn/c1-11(16(21)22)19-10-12-8-13(17(2,3)4)9-14(15(12)20)18(5,6)7;3*1-3-4-2;/h8-11,20H,1-7H3,(H,21,22);3*1,3-4H2,2H3;/q;;;;+1/p-1/t11-;;;;/m0..../s1. The van der Waals surface area contributed by atoms with E-state index in [0.29, 0.717) is 5.56 Å². The van der Waals surface area contributed by atoms with Crippen molar-refractivity contribution < 1.29 is 13.0 Å². The molecule has 4 nitrogen and oxygen atoms in total. The van der Waals surface area contributed by atoms with Crippen LogP contribution in [0.4, 0.5) is 0 Å². The topological polar surface area (TPSA) is 58.9 Å². The van der Waals surface area contributed by atoms with Crippen LogP contribution < -0.4 is 0 Å². The number of rotatable bonds is 13. The molecule has 35 heavy (non-hydrogen) atoms. The Morgan fingerprint density at radius 1 is 0.943 bits per heavy atom. The molecule has 0 aliphatic rings. The van der Waals surface area contributed by atoms with Gasteiger partial charge in [0.1, 0.15) is 0 Å². The number of carbonyl (C=O) groups is 1. The summed E-state index contributed by atoms with van der Waals surface area (Å²) in [5, 5.41) is 11.0. The minimum atomic E-state index is -3.04. The van der Waals surface area contributed by atoms with Gasteiger partial charge in [-0.15, -0.1) is 0 Å². The number of benzene rings is 1. The van der Waals surface area contributed by atoms with Crippen molar-refractivity contribution in [2.45, 2.75) is 138 Å². The molecule has 200 valence electrons. The Morgan fingerprint density at radius 3 is 1.83 bits per heavy atom. The Balaban J connectivity index is 3.25. The number of carbonyl (C=O) groups excluding carboxylic acids is 1. The number of phenols is 1. The van der Waals surface area contributed by atoms with Crippen molar-refractivity contribution >= 4 is 31.0 Å². The Hall–Kier alpha value is -1.04. The SMILES string of the molecule is CCC[CH2][Sn]([CH2]CCC)([CH2]CCC)[O]C(=O)[C@H](C)N=Cc1cc(C(C)(C)C)cc(C(C)(C)C)c1O. The third-order valence-electron chi connectivity index (χ3n) is 6.87. The third kappa shape index (κ3) is 10.1. The molecule has 1 atom stereocenters. The van der Waals surface area contributed by atoms with E-state index in [1.165, 1.54) is 0 Å². The fourth-order valence-electron chi connectivity index (χ4n) is 4.34. The number of nitrogens with zero attached hydrogens (tertiary/aromatic N) is 1. The van der Waals surface area contributed by atoms with E-state index in [2.05, 4.69) is 73.4 Å². The summed E-state index contributed by atoms with van der Waals surface area (Å²) >= 11 is -3.04. The zero-order valence-electron chi connectivity index (χ0n) is 24.4. The summed E-state index contributed by atoms with van der Waals surface area (Å²) < 4.78 is 9.84. The molecule has 0 saturated heterocycles. The maximum atomic E-state index is 13.3. The van der Waals surface area contributed by atoms with Gasteiger partial charge in [0.2, 0.25) is 0 Å². The molecule has 0 bridgehead atoms. The molecule has 0 aromatic heterocycles. The van der Waals surface area contributed by atoms with Gasteiger partial charge >= 0.3 is 221 Å². The first-order valence-corrected chi connectivity index (χ1v) is 21.1. The summed E-state index contributed by atoms with van der Waals surface area (Å²) in [6.45, 7) is 21.3. The molecule has 1 N–H and O–H groups in total. The number of hydrogen-bond donors (Lipinski definition) is 1. The summed E-state index contributed by atoms with van der Waals surface area (Å²) in [4.78, 5) is 17.9. The molecule has 0 aliphatic carbocycles. The molecule has 1 aromatic carbocycles. The second-order valence-corrected chi connectivity index (χ2v) is 23.9. The van der Waals surface area contributed by atoms with Crippen LogP contribution in [0.2, 0.25) is 13.3 Å². The number of aliphatic imine (C=N–C) groups is 1. The summed E-state index contributed by atoms with van der Waals surface area (Å²) in [6, 6.07) is 3.52. The zero-order valence-corrected chi connectivity index (χ0v) is 27.2. The van der Waals surface area contributed by atoms with Gasteiger partial charge in [0.15, 0.2) is 0 Å². The van der Waals surface area contributed by atoms with E-state index < -0.39 is 24.8 Å². The van der Waals surface area contributed by atoms with Gasteiger partial charge in [0, 0.05) is 0 Å². The van der Waals surface area contributed by atoms with Gasteiger partial charge in [-0.3, -0.25) is 0 Å². The van der Waals surface area contributed by atoms with E-state index in [-0.39, 0.29) is 22.5 Å². The van der Waals surface area contributed by atoms with Crippen molar-refractivity contribution in [2.75, 3.05) is 0 Å². The number of phenolic OH excluding ortho intramolecular Hbond substituents is 1. The predicted molar refractivity (Wildman–Crippen MR) is 154 cm³/mol. The molecule has 0 fully saturated rings. The van der Waals surface area contributed by atoms with Gasteiger partial charge in [0.25, 0.3) is 0 Å². The molecule has 5 heteroatoms. The first-order chi connectivity index (χ1) is 16.2. The summed E-state index contributed by atoms with van der Waals surface area (Å²) in [6.07, 6.45) is 8.55. The first kappa shape index (κ1) is 32.0. The van der Waals surface area contributed by atoms with Gasteiger partial charge in [-0.1, -0.05) is 0 Å². The molecular weight excluding hydrogens is 541 g/mol. The van der Waals surface area contributed by atoms with Crippen molar-refractivity contribution in [3.8, 4) is 5.75 Å². The Morgan fingerprint density at radius 2 is 1.43 bits per heavy atom. The predicted octanol–water partition coefficient (Wildman–Crippen LogP) is 8.68. The summed E-state index contributed by atoms with van der Waals surface area (Å²) in [5.41, 5.74) is 2.44. The number of unbranched alkanes of at least 4 members (excludes halogenated alkanes) is 3. The van der Waals surface area contributed by atoms with Gasteiger partial charge in [-0.05, 0) is 0 Å². The monoisotopic (exact) mass is 595 g/mol. The molecule has 0 unspecified atom stereocenters. The second kappa shape index (κ2) is 14.0. The van der Waals surface area contributed by atoms with E-state index in [9.17, 15) is 9.90 Å². The van der Waals surface area contributed by atoms with Crippen molar-refractivity contribution in [3.63, 3.8) is 0 Å². The van der Waals surface area contributed by atoms with E-state index in [0.717, 1.165) is 63.0 Å². The average molecular weight is 594 g/mol. The molecule has 0 aliphatic heterocycles. The van der Waals surface area contributed by atoms with Crippen LogP contribution in [0.15, 0.2) is 17.1 Å². The quantitative estimate of drug-likeness (QED) is 0.184. The Kier molecular flexibility index (Phi) is 12.8. The van der Waals surface area contributed by atoms with Crippen LogP contribution in [0.3, 0.4) is 0 Å². The van der Waals surface area contributed by atoms with Crippen LogP contribution in [0.5, 0.6) is 5.75 Å². The van der Waals surface area contributed by atoms with Crippen LogP contribution in [-0.4, -0.2) is 42.1 Å². The molecule has 0 radical (unpaired) electrons. The molecule has 0 amide bonds. The van der Waals surface area contributed by atoms with Crippen LogP contribution in [0.25, 0.3) is 0 Å². The van der Waals surface area contributed by atoms with Crippen LogP contribution in [0.1, 0.15) is 124 Å². The minimum absolute atomic E-state index is 0.0628. The molecule has 1 rings (SSSR count). The first-order valence-electron chi connectivity index (χ1n) is 13.8. The van der Waals surface area contributed by atoms with Crippen LogP contribution in [0, 0.1) is 0 Å². The van der Waals surface area contributed by atoms with E-state index in [1.54, 1.807) is 6.21 Å². The average Bonchev–Trinajstić information content (AvgIpc) is 2.77. The zero-order chi connectivity index (χ0) is 26.9. The molecule has 0 heterocycles. The molecular formula is C30H53NO3Sn. The van der Waals surface area contributed by atoms with Crippen molar-refractivity contribution in [3.05, 3.63) is 28.8 Å². The van der Waals surface area contributed by atoms with Gasteiger partial charge in [0.05, 0.1) is 0 Å². The normalized spacial score (nSPS) is 13.9. The Labute approximate surface area is 220 Å². The van der Waals surface area contributed by atoms with Crippen molar-refractivity contribution in [1.82, 2.24) is 0 Å². The fraction of sp³-hybridized carbons (Fsp3) is 0.733. The number of aromatic hydroxyl groups is 1. The molecule has 0 spiro atoms. The maximum absolute atomic E-state index is 13.3. The summed E-state index contributed by atoms with van der Waals surface area (Å²) in [7, 11) is 0.